The van der Waals surface area contributed by atoms with Gasteiger partial charge in [0.25, 0.3) is 5.91 Å². The molecular weight excluding hydrogens is 204 g/mol. The highest BCUT2D eigenvalue weighted by atomic mass is 16.4. The molecule has 0 unspecified atom stereocenters. The van der Waals surface area contributed by atoms with E-state index in [9.17, 15) is 4.79 Å². The lowest BCUT2D eigenvalue weighted by molar-refractivity contribution is 0.0970. The van der Waals surface area contributed by atoms with Gasteiger partial charge >= 0.3 is 0 Å². The fourth-order valence-electron chi connectivity index (χ4n) is 1.72. The highest BCUT2D eigenvalue weighted by Gasteiger charge is 2.10. The summed E-state index contributed by atoms with van der Waals surface area (Å²) in [6.07, 6.45) is 2.23. The van der Waals surface area contributed by atoms with E-state index >= 15 is 0 Å². The monoisotopic (exact) mass is 224 g/mol. The summed E-state index contributed by atoms with van der Waals surface area (Å²) in [6.45, 7) is 7.13. The van der Waals surface area contributed by atoms with Crippen molar-refractivity contribution in [3.05, 3.63) is 23.7 Å². The Labute approximate surface area is 96.4 Å². The molecule has 0 saturated carbocycles. The summed E-state index contributed by atoms with van der Waals surface area (Å²) < 4.78 is 5.35. The van der Waals surface area contributed by atoms with Gasteiger partial charge in [-0.2, -0.15) is 0 Å². The SMILES string of the molecule is CCCN(CCC)Cc1ccc(C(N)=O)o1. The highest BCUT2D eigenvalue weighted by Crippen LogP contribution is 2.10. The summed E-state index contributed by atoms with van der Waals surface area (Å²) in [5, 5.41) is 0. The number of carbonyl (C=O) groups excluding carboxylic acids is 1. The van der Waals surface area contributed by atoms with Crippen LogP contribution in [0.25, 0.3) is 0 Å². The van der Waals surface area contributed by atoms with E-state index in [2.05, 4.69) is 18.7 Å². The van der Waals surface area contributed by atoms with Crippen LogP contribution in [0.15, 0.2) is 16.5 Å². The van der Waals surface area contributed by atoms with Gasteiger partial charge in [-0.15, -0.1) is 0 Å². The molecule has 0 atom stereocenters. The first-order chi connectivity index (χ1) is 7.67. The van der Waals surface area contributed by atoms with Crippen molar-refractivity contribution in [3.63, 3.8) is 0 Å². The number of hydrogen-bond donors (Lipinski definition) is 1. The molecule has 1 aromatic heterocycles. The van der Waals surface area contributed by atoms with Gasteiger partial charge in [0.15, 0.2) is 5.76 Å². The van der Waals surface area contributed by atoms with Crippen molar-refractivity contribution in [1.29, 1.82) is 0 Å². The molecule has 0 aromatic carbocycles. The summed E-state index contributed by atoms with van der Waals surface area (Å²) in [6, 6.07) is 3.45. The smallest absolute Gasteiger partial charge is 0.284 e. The first kappa shape index (κ1) is 12.8. The molecule has 2 N–H and O–H groups in total. The Morgan fingerprint density at radius 1 is 1.31 bits per heavy atom. The molecule has 0 aliphatic heterocycles. The number of furan rings is 1. The van der Waals surface area contributed by atoms with Crippen molar-refractivity contribution in [2.75, 3.05) is 13.1 Å². The molecule has 0 fully saturated rings. The molecule has 4 heteroatoms. The normalized spacial score (nSPS) is 10.9. The third-order valence-corrected chi connectivity index (χ3v) is 2.36. The molecule has 0 saturated heterocycles. The van der Waals surface area contributed by atoms with E-state index in [1.165, 1.54) is 0 Å². The summed E-state index contributed by atoms with van der Waals surface area (Å²) in [4.78, 5) is 13.2. The van der Waals surface area contributed by atoms with E-state index in [0.29, 0.717) is 0 Å². The molecule has 0 aliphatic carbocycles. The van der Waals surface area contributed by atoms with Crippen LogP contribution in [0, 0.1) is 0 Å². The lowest BCUT2D eigenvalue weighted by Crippen LogP contribution is -2.24. The molecule has 1 rings (SSSR count). The predicted molar refractivity (Wildman–Crippen MR) is 63.1 cm³/mol. The molecule has 0 radical (unpaired) electrons. The Balaban J connectivity index is 2.58. The molecule has 0 bridgehead atoms. The third-order valence-electron chi connectivity index (χ3n) is 2.36. The van der Waals surface area contributed by atoms with E-state index in [1.54, 1.807) is 6.07 Å². The Morgan fingerprint density at radius 2 is 1.94 bits per heavy atom. The van der Waals surface area contributed by atoms with Crippen molar-refractivity contribution >= 4 is 5.91 Å². The summed E-state index contributed by atoms with van der Waals surface area (Å²) in [7, 11) is 0. The lowest BCUT2D eigenvalue weighted by Gasteiger charge is -2.19. The molecule has 0 spiro atoms. The molecule has 1 amide bonds. The van der Waals surface area contributed by atoms with Gasteiger partial charge in [-0.3, -0.25) is 9.69 Å². The van der Waals surface area contributed by atoms with Crippen LogP contribution >= 0.6 is 0 Å². The highest BCUT2D eigenvalue weighted by molar-refractivity contribution is 5.89. The van der Waals surface area contributed by atoms with Gasteiger partial charge in [-0.25, -0.2) is 0 Å². The largest absolute Gasteiger partial charge is 0.455 e. The van der Waals surface area contributed by atoms with Gasteiger partial charge in [0.2, 0.25) is 0 Å². The zero-order valence-electron chi connectivity index (χ0n) is 10.0. The van der Waals surface area contributed by atoms with E-state index in [-0.39, 0.29) is 5.76 Å². The van der Waals surface area contributed by atoms with Crippen molar-refractivity contribution in [2.45, 2.75) is 33.2 Å². The lowest BCUT2D eigenvalue weighted by atomic mass is 10.3. The Bertz CT molecular complexity index is 328. The maximum absolute atomic E-state index is 10.9. The number of nitrogens with zero attached hydrogens (tertiary/aromatic N) is 1. The van der Waals surface area contributed by atoms with Crippen LogP contribution in [0.4, 0.5) is 0 Å². The van der Waals surface area contributed by atoms with E-state index < -0.39 is 5.91 Å². The summed E-state index contributed by atoms with van der Waals surface area (Å²) in [5.74, 6) is 0.530. The van der Waals surface area contributed by atoms with Crippen molar-refractivity contribution in [3.8, 4) is 0 Å². The van der Waals surface area contributed by atoms with Crippen LogP contribution in [0.2, 0.25) is 0 Å². The quantitative estimate of drug-likeness (QED) is 0.770. The van der Waals surface area contributed by atoms with E-state index in [4.69, 9.17) is 10.2 Å². The first-order valence-corrected chi connectivity index (χ1v) is 5.78. The second-order valence-corrected chi connectivity index (χ2v) is 3.91. The number of amides is 1. The van der Waals surface area contributed by atoms with Crippen LogP contribution < -0.4 is 5.73 Å². The van der Waals surface area contributed by atoms with Gasteiger partial charge in [0.1, 0.15) is 5.76 Å². The number of primary amides is 1. The molecule has 16 heavy (non-hydrogen) atoms. The topological polar surface area (TPSA) is 59.5 Å². The van der Waals surface area contributed by atoms with Gasteiger partial charge in [-0.05, 0) is 38.1 Å². The van der Waals surface area contributed by atoms with E-state index in [1.807, 2.05) is 6.07 Å². The molecule has 90 valence electrons. The number of nitrogens with two attached hydrogens (primary N) is 1. The second-order valence-electron chi connectivity index (χ2n) is 3.91. The van der Waals surface area contributed by atoms with Crippen molar-refractivity contribution in [2.24, 2.45) is 5.73 Å². The zero-order valence-corrected chi connectivity index (χ0v) is 10.0. The standard InChI is InChI=1S/C12H20N2O2/c1-3-7-14(8-4-2)9-10-5-6-11(16-10)12(13)15/h5-6H,3-4,7-9H2,1-2H3,(H2,13,15). The van der Waals surface area contributed by atoms with Crippen LogP contribution in [-0.4, -0.2) is 23.9 Å². The molecule has 4 nitrogen and oxygen atoms in total. The van der Waals surface area contributed by atoms with Gasteiger partial charge in [0, 0.05) is 0 Å². The van der Waals surface area contributed by atoms with E-state index in [0.717, 1.165) is 38.2 Å². The maximum atomic E-state index is 10.9. The number of rotatable bonds is 7. The zero-order chi connectivity index (χ0) is 12.0. The minimum atomic E-state index is -0.510. The predicted octanol–water partition coefficient (Wildman–Crippen LogP) is 2.00. The average Bonchev–Trinajstić information content (AvgIpc) is 2.67. The van der Waals surface area contributed by atoms with Crippen LogP contribution in [0.5, 0.6) is 0 Å². The van der Waals surface area contributed by atoms with Gasteiger partial charge in [-0.1, -0.05) is 13.8 Å². The number of hydrogen-bond acceptors (Lipinski definition) is 3. The molecular formula is C12H20N2O2. The maximum Gasteiger partial charge on any atom is 0.284 e. The first-order valence-electron chi connectivity index (χ1n) is 5.78. The minimum absolute atomic E-state index is 0.239. The summed E-state index contributed by atoms with van der Waals surface area (Å²) >= 11 is 0. The Morgan fingerprint density at radius 3 is 2.38 bits per heavy atom. The molecule has 0 aliphatic rings. The third kappa shape index (κ3) is 3.70. The summed E-state index contributed by atoms with van der Waals surface area (Å²) in [5.41, 5.74) is 5.13. The van der Waals surface area contributed by atoms with Gasteiger partial charge < -0.3 is 10.2 Å². The average molecular weight is 224 g/mol. The van der Waals surface area contributed by atoms with Crippen molar-refractivity contribution < 1.29 is 9.21 Å². The van der Waals surface area contributed by atoms with Crippen LogP contribution in [-0.2, 0) is 6.54 Å². The van der Waals surface area contributed by atoms with Crippen LogP contribution in [0.3, 0.4) is 0 Å². The second kappa shape index (κ2) is 6.33. The van der Waals surface area contributed by atoms with Crippen LogP contribution in [0.1, 0.15) is 43.0 Å². The fourth-order valence-corrected chi connectivity index (χ4v) is 1.72. The number of carbonyl (C=O) groups is 1. The van der Waals surface area contributed by atoms with Crippen molar-refractivity contribution in [1.82, 2.24) is 4.90 Å². The molecule has 1 aromatic rings. The van der Waals surface area contributed by atoms with Gasteiger partial charge in [0.05, 0.1) is 6.54 Å². The Kier molecular flexibility index (Phi) is 5.05. The Hall–Kier alpha value is -1.29. The fraction of sp³-hybridized carbons (Fsp3) is 0.583. The minimum Gasteiger partial charge on any atom is -0.455 e. The molecule has 1 heterocycles.